The van der Waals surface area contributed by atoms with Crippen LogP contribution in [0.25, 0.3) is 0 Å². The molecule has 1 heterocycles. The van der Waals surface area contributed by atoms with E-state index in [1.54, 1.807) is 6.07 Å². The summed E-state index contributed by atoms with van der Waals surface area (Å²) in [5, 5.41) is 14.3. The van der Waals surface area contributed by atoms with Crippen molar-refractivity contribution in [2.24, 2.45) is 0 Å². The molecule has 1 fully saturated rings. The van der Waals surface area contributed by atoms with Crippen molar-refractivity contribution in [2.75, 3.05) is 44.4 Å². The number of halogens is 1. The van der Waals surface area contributed by atoms with Gasteiger partial charge in [-0.2, -0.15) is 0 Å². The summed E-state index contributed by atoms with van der Waals surface area (Å²) < 4.78 is 43.1. The van der Waals surface area contributed by atoms with Gasteiger partial charge in [0.25, 0.3) is 5.69 Å². The van der Waals surface area contributed by atoms with Gasteiger partial charge in [-0.1, -0.05) is 12.1 Å². The molecule has 2 aromatic rings. The second-order valence-corrected chi connectivity index (χ2v) is 8.80. The van der Waals surface area contributed by atoms with Crippen LogP contribution in [0, 0.1) is 15.9 Å². The average molecular weight is 423 g/mol. The number of rotatable bonds is 7. The lowest BCUT2D eigenvalue weighted by atomic mass is 10.0. The summed E-state index contributed by atoms with van der Waals surface area (Å²) in [5.74, 6) is -0.338. The molecule has 0 aliphatic carbocycles. The smallest absolute Gasteiger partial charge is 0.288 e. The van der Waals surface area contributed by atoms with E-state index < -0.39 is 20.4 Å². The van der Waals surface area contributed by atoms with Gasteiger partial charge in [0.15, 0.2) is 9.84 Å². The van der Waals surface area contributed by atoms with Gasteiger partial charge in [0.2, 0.25) is 0 Å². The number of anilines is 1. The molecule has 1 aliphatic rings. The number of benzene rings is 2. The molecule has 10 heteroatoms. The van der Waals surface area contributed by atoms with Crippen molar-refractivity contribution in [1.29, 1.82) is 0 Å². The highest BCUT2D eigenvalue weighted by Crippen LogP contribution is 2.28. The maximum atomic E-state index is 13.8. The maximum Gasteiger partial charge on any atom is 0.288 e. The zero-order valence-electron chi connectivity index (χ0n) is 15.9. The molecule has 1 saturated heterocycles. The topological polar surface area (TPSA) is 102 Å². The molecule has 0 bridgehead atoms. The van der Waals surface area contributed by atoms with E-state index >= 15 is 0 Å². The Balaban J connectivity index is 1.86. The Morgan fingerprint density at radius 1 is 1.24 bits per heavy atom. The molecule has 0 spiro atoms. The average Bonchev–Trinajstić information content (AvgIpc) is 2.68. The Labute approximate surface area is 168 Å². The molecule has 8 nitrogen and oxygen atoms in total. The quantitative estimate of drug-likeness (QED) is 0.539. The molecule has 1 aliphatic heterocycles. The lowest BCUT2D eigenvalue weighted by Gasteiger charge is -2.35. The van der Waals surface area contributed by atoms with Crippen LogP contribution in [0.5, 0.6) is 0 Å². The number of morpholine rings is 1. The number of sulfone groups is 1. The molecule has 1 atom stereocenters. The molecular weight excluding hydrogens is 401 g/mol. The zero-order chi connectivity index (χ0) is 21.0. The van der Waals surface area contributed by atoms with Gasteiger partial charge < -0.3 is 10.1 Å². The lowest BCUT2D eigenvalue weighted by molar-refractivity contribution is -0.387. The maximum absolute atomic E-state index is 13.8. The van der Waals surface area contributed by atoms with E-state index in [9.17, 15) is 22.9 Å². The van der Waals surface area contributed by atoms with Gasteiger partial charge in [0.05, 0.1) is 24.2 Å². The van der Waals surface area contributed by atoms with E-state index in [2.05, 4.69) is 10.2 Å². The first-order chi connectivity index (χ1) is 13.8. The van der Waals surface area contributed by atoms with Gasteiger partial charge in [-0.25, -0.2) is 12.8 Å². The van der Waals surface area contributed by atoms with Crippen LogP contribution in [-0.4, -0.2) is 57.3 Å². The third-order valence-corrected chi connectivity index (χ3v) is 5.90. The molecular formula is C19H22FN3O5S. The fourth-order valence-electron chi connectivity index (χ4n) is 3.35. The van der Waals surface area contributed by atoms with Crippen LogP contribution in [0.4, 0.5) is 15.8 Å². The van der Waals surface area contributed by atoms with Crippen LogP contribution in [0.1, 0.15) is 11.6 Å². The summed E-state index contributed by atoms with van der Waals surface area (Å²) in [6, 6.07) is 10.1. The van der Waals surface area contributed by atoms with Crippen LogP contribution in [0.15, 0.2) is 47.4 Å². The number of nitro groups is 1. The molecule has 0 saturated carbocycles. The molecule has 0 radical (unpaired) electrons. The minimum absolute atomic E-state index is 0.175. The van der Waals surface area contributed by atoms with Crippen LogP contribution in [0.3, 0.4) is 0 Å². The van der Waals surface area contributed by atoms with Crippen molar-refractivity contribution >= 4 is 21.2 Å². The summed E-state index contributed by atoms with van der Waals surface area (Å²) >= 11 is 0. The molecule has 0 amide bonds. The van der Waals surface area contributed by atoms with Gasteiger partial charge in [0, 0.05) is 37.6 Å². The molecule has 29 heavy (non-hydrogen) atoms. The highest BCUT2D eigenvalue weighted by molar-refractivity contribution is 7.90. The highest BCUT2D eigenvalue weighted by Gasteiger charge is 2.25. The predicted molar refractivity (Wildman–Crippen MR) is 106 cm³/mol. The van der Waals surface area contributed by atoms with E-state index in [1.807, 2.05) is 6.07 Å². The predicted octanol–water partition coefficient (Wildman–Crippen LogP) is 2.62. The zero-order valence-corrected chi connectivity index (χ0v) is 16.7. The van der Waals surface area contributed by atoms with Crippen molar-refractivity contribution in [2.45, 2.75) is 10.9 Å². The number of hydrogen-bond donors (Lipinski definition) is 1. The third kappa shape index (κ3) is 5.28. The number of ether oxygens (including phenoxy) is 1. The number of hydrogen-bond acceptors (Lipinski definition) is 7. The van der Waals surface area contributed by atoms with E-state index in [4.69, 9.17) is 4.74 Å². The molecule has 1 N–H and O–H groups in total. The Bertz CT molecular complexity index is 993. The van der Waals surface area contributed by atoms with Crippen molar-refractivity contribution in [1.82, 2.24) is 4.90 Å². The first-order valence-corrected chi connectivity index (χ1v) is 10.9. The Kier molecular flexibility index (Phi) is 6.46. The van der Waals surface area contributed by atoms with Gasteiger partial charge in [-0.3, -0.25) is 15.0 Å². The molecule has 0 aromatic heterocycles. The van der Waals surface area contributed by atoms with E-state index in [-0.39, 0.29) is 16.8 Å². The number of nitrogens with one attached hydrogen (secondary N) is 1. The second kappa shape index (κ2) is 8.85. The summed E-state index contributed by atoms with van der Waals surface area (Å²) in [6.45, 7) is 2.86. The van der Waals surface area contributed by atoms with Crippen LogP contribution in [-0.2, 0) is 14.6 Å². The fraction of sp³-hybridized carbons (Fsp3) is 0.368. The van der Waals surface area contributed by atoms with Crippen molar-refractivity contribution in [3.8, 4) is 0 Å². The summed E-state index contributed by atoms with van der Waals surface area (Å²) in [5.41, 5.74) is 0.753. The van der Waals surface area contributed by atoms with Crippen molar-refractivity contribution in [3.63, 3.8) is 0 Å². The largest absolute Gasteiger partial charge is 0.383 e. The highest BCUT2D eigenvalue weighted by atomic mass is 32.2. The van der Waals surface area contributed by atoms with Gasteiger partial charge in [-0.05, 0) is 29.8 Å². The SMILES string of the molecule is CS(=O)(=O)c1cc(NCC(c2cccc(F)c2)N2CCOCC2)ccc1[N+](=O)[O-]. The van der Waals surface area contributed by atoms with Crippen LogP contribution < -0.4 is 5.32 Å². The molecule has 1 unspecified atom stereocenters. The third-order valence-electron chi connectivity index (χ3n) is 4.78. The van der Waals surface area contributed by atoms with Crippen molar-refractivity contribution < 1.29 is 22.5 Å². The van der Waals surface area contributed by atoms with Crippen molar-refractivity contribution in [3.05, 3.63) is 64.0 Å². The normalized spacial score (nSPS) is 16.3. The van der Waals surface area contributed by atoms with Crippen LogP contribution >= 0.6 is 0 Å². The van der Waals surface area contributed by atoms with E-state index in [0.29, 0.717) is 38.5 Å². The van der Waals surface area contributed by atoms with Gasteiger partial charge in [-0.15, -0.1) is 0 Å². The lowest BCUT2D eigenvalue weighted by Crippen LogP contribution is -2.41. The number of nitrogens with zero attached hydrogens (tertiary/aromatic N) is 2. The Hall–Kier alpha value is -2.56. The van der Waals surface area contributed by atoms with Gasteiger partial charge in [0.1, 0.15) is 10.7 Å². The van der Waals surface area contributed by atoms with Crippen LogP contribution in [0.2, 0.25) is 0 Å². The Morgan fingerprint density at radius 3 is 2.59 bits per heavy atom. The minimum Gasteiger partial charge on any atom is -0.383 e. The second-order valence-electron chi connectivity index (χ2n) is 6.81. The summed E-state index contributed by atoms with van der Waals surface area (Å²) in [6.07, 6.45) is 0.933. The standard InChI is InChI=1S/C19H22FN3O5S/c1-29(26,27)19-12-16(5-6-17(19)23(24)25)21-13-18(22-7-9-28-10-8-22)14-3-2-4-15(20)11-14/h2-6,11-12,18,21H,7-10,13H2,1H3. The van der Waals surface area contributed by atoms with E-state index in [0.717, 1.165) is 11.8 Å². The first-order valence-electron chi connectivity index (χ1n) is 9.05. The minimum atomic E-state index is -3.78. The molecule has 3 rings (SSSR count). The summed E-state index contributed by atoms with van der Waals surface area (Å²) in [4.78, 5) is 12.2. The molecule has 156 valence electrons. The Morgan fingerprint density at radius 2 is 1.97 bits per heavy atom. The summed E-state index contributed by atoms with van der Waals surface area (Å²) in [7, 11) is -3.78. The van der Waals surface area contributed by atoms with Gasteiger partial charge >= 0.3 is 0 Å². The fourth-order valence-corrected chi connectivity index (χ4v) is 4.21. The van der Waals surface area contributed by atoms with E-state index in [1.165, 1.54) is 30.3 Å². The molecule has 2 aromatic carbocycles. The monoisotopic (exact) mass is 423 g/mol. The number of nitro benzene ring substituents is 1. The first kappa shape index (κ1) is 21.2.